The Morgan fingerprint density at radius 3 is 2.79 bits per heavy atom. The number of carbonyl (C=O) groups is 1. The third kappa shape index (κ3) is 1.36. The van der Waals surface area contributed by atoms with E-state index in [0.29, 0.717) is 10.6 Å². The molecule has 14 heavy (non-hydrogen) atoms. The second kappa shape index (κ2) is 3.03. The van der Waals surface area contributed by atoms with E-state index in [4.69, 9.17) is 21.1 Å². The van der Waals surface area contributed by atoms with Gasteiger partial charge in [-0.3, -0.25) is 0 Å². The maximum atomic E-state index is 10.6. The number of hydrogen-bond acceptors (Lipinski definition) is 2. The minimum absolute atomic E-state index is 0.0679. The number of carboxylic acid groups (broad SMARTS) is 1. The van der Waals surface area contributed by atoms with Crippen LogP contribution in [0.15, 0.2) is 22.6 Å². The van der Waals surface area contributed by atoms with Crippen molar-refractivity contribution in [3.63, 3.8) is 0 Å². The van der Waals surface area contributed by atoms with Gasteiger partial charge in [-0.25, -0.2) is 4.79 Å². The Kier molecular flexibility index (Phi) is 1.97. The highest BCUT2D eigenvalue weighted by Gasteiger charge is 2.11. The third-order valence-corrected chi connectivity index (χ3v) is 2.42. The quantitative estimate of drug-likeness (QED) is 0.787. The Labute approximate surface area is 84.9 Å². The fourth-order valence-corrected chi connectivity index (χ4v) is 1.43. The van der Waals surface area contributed by atoms with Crippen molar-refractivity contribution in [2.75, 3.05) is 0 Å². The van der Waals surface area contributed by atoms with E-state index in [2.05, 4.69) is 0 Å². The molecular weight excluding hydrogens is 204 g/mol. The highest BCUT2D eigenvalue weighted by atomic mass is 35.5. The predicted molar refractivity (Wildman–Crippen MR) is 52.9 cm³/mol. The number of aryl methyl sites for hydroxylation is 1. The standard InChI is InChI=1S/C10H7ClO3/c1-5-2-6-3-9(10(12)13)14-8(6)4-7(5)11/h2-4H,1H3,(H,12,13). The van der Waals surface area contributed by atoms with Crippen molar-refractivity contribution >= 4 is 28.5 Å². The van der Waals surface area contributed by atoms with Crippen LogP contribution < -0.4 is 0 Å². The number of carboxylic acids is 1. The van der Waals surface area contributed by atoms with Crippen molar-refractivity contribution in [1.29, 1.82) is 0 Å². The number of aromatic carboxylic acids is 1. The molecule has 2 aromatic rings. The molecule has 0 aliphatic carbocycles. The molecule has 0 saturated carbocycles. The van der Waals surface area contributed by atoms with E-state index in [-0.39, 0.29) is 5.76 Å². The zero-order valence-corrected chi connectivity index (χ0v) is 8.13. The van der Waals surface area contributed by atoms with Gasteiger partial charge in [0.15, 0.2) is 0 Å². The van der Waals surface area contributed by atoms with Gasteiger partial charge in [0.25, 0.3) is 0 Å². The number of fused-ring (bicyclic) bond motifs is 1. The van der Waals surface area contributed by atoms with Gasteiger partial charge in [0.1, 0.15) is 5.58 Å². The average Bonchev–Trinajstić information content (AvgIpc) is 2.48. The van der Waals surface area contributed by atoms with E-state index in [9.17, 15) is 4.79 Å². The molecule has 4 heteroatoms. The molecule has 2 rings (SSSR count). The second-order valence-electron chi connectivity index (χ2n) is 3.06. The zero-order chi connectivity index (χ0) is 10.3. The first-order chi connectivity index (χ1) is 6.58. The van der Waals surface area contributed by atoms with Crippen LogP contribution in [0.4, 0.5) is 0 Å². The summed E-state index contributed by atoms with van der Waals surface area (Å²) in [6.45, 7) is 1.86. The molecule has 0 bridgehead atoms. The number of benzene rings is 1. The molecule has 1 N–H and O–H groups in total. The number of rotatable bonds is 1. The molecule has 1 aromatic heterocycles. The first-order valence-corrected chi connectivity index (χ1v) is 4.38. The van der Waals surface area contributed by atoms with Crippen molar-refractivity contribution in [2.24, 2.45) is 0 Å². The smallest absolute Gasteiger partial charge is 0.371 e. The molecule has 0 radical (unpaired) electrons. The first-order valence-electron chi connectivity index (χ1n) is 4.01. The molecule has 0 aliphatic rings. The van der Waals surface area contributed by atoms with E-state index >= 15 is 0 Å². The van der Waals surface area contributed by atoms with Gasteiger partial charge < -0.3 is 9.52 Å². The number of hydrogen-bond donors (Lipinski definition) is 1. The fraction of sp³-hybridized carbons (Fsp3) is 0.100. The van der Waals surface area contributed by atoms with Crippen LogP contribution in [-0.2, 0) is 0 Å². The van der Waals surface area contributed by atoms with Gasteiger partial charge >= 0.3 is 5.97 Å². The lowest BCUT2D eigenvalue weighted by atomic mass is 10.2. The molecule has 0 amide bonds. The maximum Gasteiger partial charge on any atom is 0.371 e. The summed E-state index contributed by atoms with van der Waals surface area (Å²) in [5.74, 6) is -1.14. The summed E-state index contributed by atoms with van der Waals surface area (Å²) in [4.78, 5) is 10.6. The number of halogens is 1. The summed E-state index contributed by atoms with van der Waals surface area (Å²) in [5.41, 5.74) is 1.40. The lowest BCUT2D eigenvalue weighted by Gasteiger charge is -1.95. The maximum absolute atomic E-state index is 10.6. The van der Waals surface area contributed by atoms with Crippen molar-refractivity contribution in [1.82, 2.24) is 0 Å². The number of furan rings is 1. The first kappa shape index (κ1) is 9.09. The van der Waals surface area contributed by atoms with Gasteiger partial charge in [0.05, 0.1) is 0 Å². The normalized spacial score (nSPS) is 10.7. The summed E-state index contributed by atoms with van der Waals surface area (Å²) >= 11 is 5.87. The van der Waals surface area contributed by atoms with Gasteiger partial charge in [0.2, 0.25) is 5.76 Å². The van der Waals surface area contributed by atoms with Crippen LogP contribution in [0.3, 0.4) is 0 Å². The van der Waals surface area contributed by atoms with Crippen LogP contribution in [0.25, 0.3) is 11.0 Å². The van der Waals surface area contributed by atoms with Crippen molar-refractivity contribution in [3.8, 4) is 0 Å². The van der Waals surface area contributed by atoms with Crippen LogP contribution in [0.5, 0.6) is 0 Å². The zero-order valence-electron chi connectivity index (χ0n) is 7.37. The third-order valence-electron chi connectivity index (χ3n) is 2.01. The minimum atomic E-state index is -1.07. The molecule has 0 spiro atoms. The summed E-state index contributed by atoms with van der Waals surface area (Å²) < 4.78 is 5.08. The Bertz CT molecular complexity index is 474. The van der Waals surface area contributed by atoms with Crippen molar-refractivity contribution in [2.45, 2.75) is 6.92 Å². The summed E-state index contributed by atoms with van der Waals surface area (Å²) in [7, 11) is 0. The van der Waals surface area contributed by atoms with E-state index in [0.717, 1.165) is 10.9 Å². The molecule has 0 aliphatic heterocycles. The van der Waals surface area contributed by atoms with Crippen LogP contribution in [0, 0.1) is 6.92 Å². The van der Waals surface area contributed by atoms with Gasteiger partial charge in [-0.15, -0.1) is 0 Å². The molecule has 72 valence electrons. The van der Waals surface area contributed by atoms with E-state index in [1.807, 2.05) is 6.92 Å². The molecule has 0 unspecified atom stereocenters. The lowest BCUT2D eigenvalue weighted by molar-refractivity contribution is 0.0665. The van der Waals surface area contributed by atoms with E-state index < -0.39 is 5.97 Å². The Balaban J connectivity index is 2.72. The molecule has 0 fully saturated rings. The van der Waals surface area contributed by atoms with Gasteiger partial charge in [0, 0.05) is 16.5 Å². The Morgan fingerprint density at radius 2 is 2.14 bits per heavy atom. The summed E-state index contributed by atoms with van der Waals surface area (Å²) in [6, 6.07) is 4.91. The van der Waals surface area contributed by atoms with Crippen molar-refractivity contribution in [3.05, 3.63) is 34.5 Å². The Morgan fingerprint density at radius 1 is 1.43 bits per heavy atom. The molecule has 0 saturated heterocycles. The van der Waals surface area contributed by atoms with Crippen LogP contribution >= 0.6 is 11.6 Å². The van der Waals surface area contributed by atoms with Crippen LogP contribution in [0.2, 0.25) is 5.02 Å². The van der Waals surface area contributed by atoms with Crippen molar-refractivity contribution < 1.29 is 14.3 Å². The largest absolute Gasteiger partial charge is 0.475 e. The summed E-state index contributed by atoms with van der Waals surface area (Å²) in [5, 5.41) is 10.0. The molecule has 0 atom stereocenters. The molecular formula is C10H7ClO3. The molecule has 1 aromatic carbocycles. The minimum Gasteiger partial charge on any atom is -0.475 e. The monoisotopic (exact) mass is 210 g/mol. The fourth-order valence-electron chi connectivity index (χ4n) is 1.28. The lowest BCUT2D eigenvalue weighted by Crippen LogP contribution is -1.91. The molecule has 3 nitrogen and oxygen atoms in total. The van der Waals surface area contributed by atoms with Crippen LogP contribution in [0.1, 0.15) is 16.1 Å². The second-order valence-corrected chi connectivity index (χ2v) is 3.46. The SMILES string of the molecule is Cc1cc2cc(C(=O)O)oc2cc1Cl. The van der Waals surface area contributed by atoms with Gasteiger partial charge in [-0.1, -0.05) is 11.6 Å². The van der Waals surface area contributed by atoms with E-state index in [1.165, 1.54) is 6.07 Å². The molecule has 1 heterocycles. The average molecular weight is 211 g/mol. The highest BCUT2D eigenvalue weighted by Crippen LogP contribution is 2.26. The highest BCUT2D eigenvalue weighted by molar-refractivity contribution is 6.32. The van der Waals surface area contributed by atoms with E-state index in [1.54, 1.807) is 12.1 Å². The van der Waals surface area contributed by atoms with Crippen LogP contribution in [-0.4, -0.2) is 11.1 Å². The Hall–Kier alpha value is -1.48. The predicted octanol–water partition coefficient (Wildman–Crippen LogP) is 3.09. The van der Waals surface area contributed by atoms with Gasteiger partial charge in [-0.05, 0) is 24.6 Å². The van der Waals surface area contributed by atoms with Gasteiger partial charge in [-0.2, -0.15) is 0 Å². The summed E-state index contributed by atoms with van der Waals surface area (Å²) in [6.07, 6.45) is 0. The topological polar surface area (TPSA) is 50.4 Å².